The molecule has 35 heavy (non-hydrogen) atoms. The van der Waals surface area contributed by atoms with Gasteiger partial charge in [0.05, 0.1) is 29.0 Å². The van der Waals surface area contributed by atoms with Crippen molar-refractivity contribution in [1.29, 1.82) is 0 Å². The van der Waals surface area contributed by atoms with Crippen LogP contribution in [0.15, 0.2) is 48.5 Å². The zero-order valence-electron chi connectivity index (χ0n) is 18.2. The van der Waals surface area contributed by atoms with Crippen LogP contribution in [-0.2, 0) is 12.7 Å². The van der Waals surface area contributed by atoms with E-state index in [1.54, 1.807) is 24.3 Å². The van der Waals surface area contributed by atoms with Crippen LogP contribution >= 0.6 is 0 Å². The van der Waals surface area contributed by atoms with Crippen molar-refractivity contribution in [1.82, 2.24) is 14.8 Å². The first-order valence-electron chi connectivity index (χ1n) is 10.1. The van der Waals surface area contributed by atoms with Crippen molar-refractivity contribution in [2.24, 2.45) is 5.73 Å². The lowest BCUT2D eigenvalue weighted by molar-refractivity contribution is -0.140. The number of amides is 2. The van der Waals surface area contributed by atoms with E-state index in [4.69, 9.17) is 11.5 Å². The second-order valence-corrected chi connectivity index (χ2v) is 7.70. The van der Waals surface area contributed by atoms with Crippen molar-refractivity contribution in [2.75, 3.05) is 11.1 Å². The summed E-state index contributed by atoms with van der Waals surface area (Å²) < 4.78 is 56.2. The number of nitrogens with one attached hydrogen (secondary N) is 1. The Morgan fingerprint density at radius 1 is 1.11 bits per heavy atom. The van der Waals surface area contributed by atoms with Crippen LogP contribution in [0, 0.1) is 12.7 Å². The summed E-state index contributed by atoms with van der Waals surface area (Å²) in [6, 6.07) is 10.9. The Bertz CT molecular complexity index is 1480. The molecule has 12 heteroatoms. The summed E-state index contributed by atoms with van der Waals surface area (Å²) in [6.07, 6.45) is -4.89. The van der Waals surface area contributed by atoms with Gasteiger partial charge in [-0.15, -0.1) is 0 Å². The van der Waals surface area contributed by atoms with E-state index < -0.39 is 35.2 Å². The minimum atomic E-state index is -4.89. The number of aromatic nitrogens is 3. The quantitative estimate of drug-likeness (QED) is 0.291. The van der Waals surface area contributed by atoms with Crippen LogP contribution in [0.2, 0.25) is 0 Å². The molecular weight excluding hydrogens is 468 g/mol. The van der Waals surface area contributed by atoms with Crippen LogP contribution in [0.25, 0.3) is 10.9 Å². The minimum Gasteiger partial charge on any atom is -0.398 e. The number of nitrogens with zero attached hydrogens (tertiary/aromatic N) is 3. The van der Waals surface area contributed by atoms with Crippen molar-refractivity contribution < 1.29 is 27.2 Å². The largest absolute Gasteiger partial charge is 0.437 e. The molecular formula is C23H18F4N6O2. The fourth-order valence-electron chi connectivity index (χ4n) is 3.58. The number of primary amides is 1. The zero-order valence-corrected chi connectivity index (χ0v) is 18.2. The number of benzene rings is 2. The summed E-state index contributed by atoms with van der Waals surface area (Å²) in [4.78, 5) is 28.7. The van der Waals surface area contributed by atoms with Gasteiger partial charge in [-0.25, -0.2) is 9.37 Å². The number of para-hydroxylation sites is 1. The highest BCUT2D eigenvalue weighted by molar-refractivity contribution is 6.14. The van der Waals surface area contributed by atoms with E-state index in [-0.39, 0.29) is 34.4 Å². The Hall–Kier alpha value is -4.48. The molecule has 0 radical (unpaired) electrons. The fourth-order valence-corrected chi connectivity index (χ4v) is 3.58. The van der Waals surface area contributed by atoms with E-state index in [2.05, 4.69) is 15.4 Å². The standard InChI is InChI=1S/C23H18F4N6O2/c1-11-19(20(23(25,26)27)32-33(11)10-12-4-2-3-5-16(12)28)31-22(35)15-9-18(21(29)34)30-17-8-13(24)6-7-14(15)17/h2-9H,10,28H2,1H3,(H2,29,34)(H,31,35). The van der Waals surface area contributed by atoms with E-state index >= 15 is 0 Å². The van der Waals surface area contributed by atoms with E-state index in [1.165, 1.54) is 13.0 Å². The van der Waals surface area contributed by atoms with Crippen molar-refractivity contribution in [3.63, 3.8) is 0 Å². The summed E-state index contributed by atoms with van der Waals surface area (Å²) in [5, 5.41) is 6.03. The molecule has 5 N–H and O–H groups in total. The molecule has 0 saturated heterocycles. The Labute approximate surface area is 195 Å². The fraction of sp³-hybridized carbons (Fsp3) is 0.130. The smallest absolute Gasteiger partial charge is 0.398 e. The van der Waals surface area contributed by atoms with Gasteiger partial charge in [-0.3, -0.25) is 14.3 Å². The second-order valence-electron chi connectivity index (χ2n) is 7.70. The number of rotatable bonds is 5. The van der Waals surface area contributed by atoms with Gasteiger partial charge in [0.2, 0.25) is 0 Å². The second kappa shape index (κ2) is 8.70. The maximum atomic E-state index is 13.8. The van der Waals surface area contributed by atoms with E-state index in [0.29, 0.717) is 11.3 Å². The number of nitrogens with two attached hydrogens (primary N) is 2. The molecule has 2 aromatic heterocycles. The first-order valence-corrected chi connectivity index (χ1v) is 10.1. The predicted molar refractivity (Wildman–Crippen MR) is 120 cm³/mol. The van der Waals surface area contributed by atoms with E-state index in [1.807, 2.05) is 0 Å². The monoisotopic (exact) mass is 486 g/mol. The highest BCUT2D eigenvalue weighted by atomic mass is 19.4. The Morgan fingerprint density at radius 2 is 1.83 bits per heavy atom. The van der Waals surface area contributed by atoms with Gasteiger partial charge in [-0.05, 0) is 36.8 Å². The molecule has 0 aliphatic carbocycles. The van der Waals surface area contributed by atoms with Gasteiger partial charge >= 0.3 is 6.18 Å². The SMILES string of the molecule is Cc1c(NC(=O)c2cc(C(N)=O)nc3cc(F)ccc23)c(C(F)(F)F)nn1Cc1ccccc1N. The van der Waals surface area contributed by atoms with Gasteiger partial charge in [0.1, 0.15) is 11.5 Å². The molecule has 2 heterocycles. The Morgan fingerprint density at radius 3 is 2.49 bits per heavy atom. The summed E-state index contributed by atoms with van der Waals surface area (Å²) in [5.74, 6) is -2.67. The molecule has 8 nitrogen and oxygen atoms in total. The average Bonchev–Trinajstić information content (AvgIpc) is 3.09. The molecule has 4 rings (SSSR count). The molecule has 0 aliphatic rings. The van der Waals surface area contributed by atoms with Crippen LogP contribution < -0.4 is 16.8 Å². The van der Waals surface area contributed by atoms with Gasteiger partial charge < -0.3 is 16.8 Å². The summed E-state index contributed by atoms with van der Waals surface area (Å²) in [5.41, 5.74) is 9.60. The van der Waals surface area contributed by atoms with Gasteiger partial charge in [0.15, 0.2) is 5.69 Å². The highest BCUT2D eigenvalue weighted by Crippen LogP contribution is 2.36. The van der Waals surface area contributed by atoms with Gasteiger partial charge in [-0.2, -0.15) is 18.3 Å². The third-order valence-corrected chi connectivity index (χ3v) is 5.36. The van der Waals surface area contributed by atoms with Crippen LogP contribution in [0.1, 0.15) is 37.8 Å². The molecule has 4 aromatic rings. The summed E-state index contributed by atoms with van der Waals surface area (Å²) in [6.45, 7) is 1.30. The number of carbonyl (C=O) groups excluding carboxylic acids is 2. The van der Waals surface area contributed by atoms with Crippen molar-refractivity contribution in [3.05, 3.63) is 82.6 Å². The van der Waals surface area contributed by atoms with Crippen LogP contribution in [0.3, 0.4) is 0 Å². The zero-order chi connectivity index (χ0) is 25.5. The third kappa shape index (κ3) is 4.63. The lowest BCUT2D eigenvalue weighted by Crippen LogP contribution is -2.19. The molecule has 0 fully saturated rings. The number of alkyl halides is 3. The van der Waals surface area contributed by atoms with Gasteiger partial charge in [-0.1, -0.05) is 18.2 Å². The van der Waals surface area contributed by atoms with Crippen molar-refractivity contribution in [3.8, 4) is 0 Å². The molecule has 0 unspecified atom stereocenters. The minimum absolute atomic E-state index is 0.0217. The van der Waals surface area contributed by atoms with Crippen molar-refractivity contribution in [2.45, 2.75) is 19.6 Å². The summed E-state index contributed by atoms with van der Waals surface area (Å²) in [7, 11) is 0. The summed E-state index contributed by atoms with van der Waals surface area (Å²) >= 11 is 0. The number of halogens is 4. The van der Waals surface area contributed by atoms with Gasteiger partial charge in [0.25, 0.3) is 11.8 Å². The van der Waals surface area contributed by atoms with Crippen LogP contribution in [0.4, 0.5) is 28.9 Å². The Balaban J connectivity index is 1.79. The molecule has 0 spiro atoms. The molecule has 2 amide bonds. The average molecular weight is 486 g/mol. The van der Waals surface area contributed by atoms with E-state index in [9.17, 15) is 27.2 Å². The number of nitrogen functional groups attached to an aromatic ring is 1. The maximum Gasteiger partial charge on any atom is 0.437 e. The number of hydrogen-bond acceptors (Lipinski definition) is 5. The Kier molecular flexibility index (Phi) is 5.89. The van der Waals surface area contributed by atoms with Gasteiger partial charge in [0, 0.05) is 17.1 Å². The van der Waals surface area contributed by atoms with Crippen LogP contribution in [0.5, 0.6) is 0 Å². The predicted octanol–water partition coefficient (Wildman–Crippen LogP) is 3.88. The molecule has 180 valence electrons. The lowest BCUT2D eigenvalue weighted by Gasteiger charge is -2.12. The molecule has 0 atom stereocenters. The topological polar surface area (TPSA) is 129 Å². The molecule has 0 bridgehead atoms. The number of pyridine rings is 1. The highest BCUT2D eigenvalue weighted by Gasteiger charge is 2.39. The number of hydrogen-bond donors (Lipinski definition) is 3. The van der Waals surface area contributed by atoms with Crippen LogP contribution in [-0.4, -0.2) is 26.6 Å². The molecule has 0 aliphatic heterocycles. The lowest BCUT2D eigenvalue weighted by atomic mass is 10.1. The van der Waals surface area contributed by atoms with E-state index in [0.717, 1.165) is 22.9 Å². The normalized spacial score (nSPS) is 11.6. The molecule has 2 aromatic carbocycles. The number of carbonyl (C=O) groups is 2. The third-order valence-electron chi connectivity index (χ3n) is 5.36. The first-order chi connectivity index (χ1) is 16.5. The van der Waals surface area contributed by atoms with Crippen molar-refractivity contribution >= 4 is 34.1 Å². The number of anilines is 2. The first kappa shape index (κ1) is 23.7. The molecule has 0 saturated carbocycles. The maximum absolute atomic E-state index is 13.8. The number of fused-ring (bicyclic) bond motifs is 1.